The maximum absolute atomic E-state index is 11.5. The Bertz CT molecular complexity index is 639. The molecule has 0 aliphatic rings. The third-order valence-electron chi connectivity index (χ3n) is 3.88. The average molecular weight is 361 g/mol. The highest BCUT2D eigenvalue weighted by Crippen LogP contribution is 2.15. The van der Waals surface area contributed by atoms with Gasteiger partial charge in [0, 0.05) is 19.5 Å². The van der Waals surface area contributed by atoms with E-state index in [4.69, 9.17) is 13.9 Å². The lowest BCUT2D eigenvalue weighted by molar-refractivity contribution is -0.147. The van der Waals surface area contributed by atoms with E-state index >= 15 is 0 Å². The second-order valence-corrected chi connectivity index (χ2v) is 6.18. The highest BCUT2D eigenvalue weighted by Gasteiger charge is 2.16. The molecule has 6 nitrogen and oxygen atoms in total. The predicted molar refractivity (Wildman–Crippen MR) is 97.7 cm³/mol. The summed E-state index contributed by atoms with van der Waals surface area (Å²) in [5, 5.41) is 10.3. The molecule has 26 heavy (non-hydrogen) atoms. The molecule has 0 unspecified atom stereocenters. The van der Waals surface area contributed by atoms with Gasteiger partial charge in [-0.25, -0.2) is 0 Å². The number of hydrogen-bond donors (Lipinski definition) is 1. The summed E-state index contributed by atoms with van der Waals surface area (Å²) in [7, 11) is 1.63. The summed E-state index contributed by atoms with van der Waals surface area (Å²) in [6, 6.07) is 11.5. The fraction of sp³-hybridized carbons (Fsp3) is 0.450. The van der Waals surface area contributed by atoms with Crippen LogP contribution >= 0.6 is 0 Å². The van der Waals surface area contributed by atoms with Crippen molar-refractivity contribution >= 4 is 5.97 Å². The third-order valence-corrected chi connectivity index (χ3v) is 3.88. The van der Waals surface area contributed by atoms with E-state index in [2.05, 4.69) is 4.90 Å². The van der Waals surface area contributed by atoms with Gasteiger partial charge < -0.3 is 19.0 Å². The van der Waals surface area contributed by atoms with Crippen molar-refractivity contribution < 1.29 is 23.8 Å². The van der Waals surface area contributed by atoms with Gasteiger partial charge >= 0.3 is 5.97 Å². The van der Waals surface area contributed by atoms with Crippen molar-refractivity contribution in [1.29, 1.82) is 0 Å². The van der Waals surface area contributed by atoms with Crippen molar-refractivity contribution in [2.45, 2.75) is 39.0 Å². The topological polar surface area (TPSA) is 72.1 Å². The number of ether oxygens (including phenoxy) is 2. The van der Waals surface area contributed by atoms with E-state index in [9.17, 15) is 9.90 Å². The molecule has 0 amide bonds. The van der Waals surface area contributed by atoms with Crippen LogP contribution in [0.2, 0.25) is 0 Å². The largest absolute Gasteiger partial charge is 0.497 e. The molecule has 2 aromatic rings. The molecular weight excluding hydrogens is 334 g/mol. The molecule has 0 spiro atoms. The molecule has 0 saturated carbocycles. The highest BCUT2D eigenvalue weighted by atomic mass is 16.5. The first-order valence-corrected chi connectivity index (χ1v) is 8.82. The Hall–Kier alpha value is -2.31. The molecule has 0 fully saturated rings. The van der Waals surface area contributed by atoms with E-state index < -0.39 is 6.10 Å². The van der Waals surface area contributed by atoms with E-state index in [1.54, 1.807) is 13.4 Å². The van der Waals surface area contributed by atoms with Crippen molar-refractivity contribution in [3.8, 4) is 5.75 Å². The van der Waals surface area contributed by atoms with Gasteiger partial charge in [0.2, 0.25) is 0 Å². The van der Waals surface area contributed by atoms with Gasteiger partial charge in [-0.15, -0.1) is 0 Å². The van der Waals surface area contributed by atoms with Crippen LogP contribution in [0.4, 0.5) is 0 Å². The number of rotatable bonds is 11. The van der Waals surface area contributed by atoms with Crippen LogP contribution in [0.5, 0.6) is 5.75 Å². The number of benzene rings is 1. The zero-order valence-corrected chi connectivity index (χ0v) is 15.4. The Kier molecular flexibility index (Phi) is 8.18. The number of aliphatic hydroxyl groups excluding tert-OH is 1. The third kappa shape index (κ3) is 6.90. The monoisotopic (exact) mass is 361 g/mol. The van der Waals surface area contributed by atoms with Gasteiger partial charge in [-0.1, -0.05) is 19.1 Å². The Morgan fingerprint density at radius 1 is 1.23 bits per heavy atom. The van der Waals surface area contributed by atoms with Crippen molar-refractivity contribution in [2.24, 2.45) is 0 Å². The summed E-state index contributed by atoms with van der Waals surface area (Å²) < 4.78 is 15.7. The number of esters is 1. The Morgan fingerprint density at radius 2 is 2.00 bits per heavy atom. The highest BCUT2D eigenvalue weighted by molar-refractivity contribution is 5.69. The van der Waals surface area contributed by atoms with Gasteiger partial charge in [-0.05, 0) is 36.2 Å². The van der Waals surface area contributed by atoms with Crippen LogP contribution in [-0.2, 0) is 22.6 Å². The summed E-state index contributed by atoms with van der Waals surface area (Å²) >= 11 is 0. The van der Waals surface area contributed by atoms with E-state index in [0.29, 0.717) is 26.1 Å². The fourth-order valence-electron chi connectivity index (χ4n) is 2.61. The van der Waals surface area contributed by atoms with Crippen LogP contribution in [-0.4, -0.2) is 42.3 Å². The second-order valence-electron chi connectivity index (χ2n) is 6.18. The van der Waals surface area contributed by atoms with Crippen LogP contribution in [0.25, 0.3) is 0 Å². The second kappa shape index (κ2) is 10.6. The lowest BCUT2D eigenvalue weighted by Crippen LogP contribution is -2.34. The Morgan fingerprint density at radius 3 is 2.62 bits per heavy atom. The van der Waals surface area contributed by atoms with Gasteiger partial charge in [0.25, 0.3) is 0 Å². The Labute approximate surface area is 154 Å². The molecule has 1 atom stereocenters. The molecule has 1 heterocycles. The molecule has 0 aliphatic carbocycles. The first-order valence-electron chi connectivity index (χ1n) is 8.82. The lowest BCUT2D eigenvalue weighted by Gasteiger charge is -2.24. The molecule has 0 saturated heterocycles. The van der Waals surface area contributed by atoms with Crippen LogP contribution in [0, 0.1) is 0 Å². The van der Waals surface area contributed by atoms with E-state index in [-0.39, 0.29) is 12.6 Å². The minimum atomic E-state index is -0.760. The molecule has 1 N–H and O–H groups in total. The van der Waals surface area contributed by atoms with Crippen LogP contribution in [0.1, 0.15) is 31.1 Å². The quantitative estimate of drug-likeness (QED) is 0.621. The Balaban J connectivity index is 1.94. The van der Waals surface area contributed by atoms with Gasteiger partial charge in [-0.2, -0.15) is 0 Å². The molecule has 0 radical (unpaired) electrons. The summed E-state index contributed by atoms with van der Waals surface area (Å²) in [6.45, 7) is 3.46. The molecule has 1 aromatic heterocycles. The van der Waals surface area contributed by atoms with Gasteiger partial charge in [0.15, 0.2) is 0 Å². The average Bonchev–Trinajstić information content (AvgIpc) is 3.14. The standard InChI is InChI=1S/C20H27NO5/c1-3-5-20(23)26-15-17(22)13-21(14-19-6-4-11-25-19)12-16-7-9-18(24-2)10-8-16/h4,6-11,17,22H,3,5,12-15H2,1-2H3/t17-/m0/s1. The van der Waals surface area contributed by atoms with Gasteiger partial charge in [0.1, 0.15) is 24.2 Å². The van der Waals surface area contributed by atoms with Crippen LogP contribution in [0.15, 0.2) is 47.1 Å². The number of aliphatic hydroxyl groups is 1. The molecule has 2 rings (SSSR count). The molecule has 142 valence electrons. The first-order chi connectivity index (χ1) is 12.6. The number of carbonyl (C=O) groups excluding carboxylic acids is 1. The van der Waals surface area contributed by atoms with Gasteiger partial charge in [-0.3, -0.25) is 9.69 Å². The maximum atomic E-state index is 11.5. The molecular formula is C20H27NO5. The van der Waals surface area contributed by atoms with Crippen LogP contribution in [0.3, 0.4) is 0 Å². The number of hydrogen-bond acceptors (Lipinski definition) is 6. The van der Waals surface area contributed by atoms with E-state index in [0.717, 1.165) is 23.5 Å². The minimum absolute atomic E-state index is 0.00387. The number of methoxy groups -OCH3 is 1. The molecule has 6 heteroatoms. The number of furan rings is 1. The zero-order valence-electron chi connectivity index (χ0n) is 15.4. The van der Waals surface area contributed by atoms with E-state index in [1.165, 1.54) is 0 Å². The van der Waals surface area contributed by atoms with Crippen molar-refractivity contribution in [3.63, 3.8) is 0 Å². The van der Waals surface area contributed by atoms with Crippen molar-refractivity contribution in [2.75, 3.05) is 20.3 Å². The molecule has 1 aromatic carbocycles. The summed E-state index contributed by atoms with van der Waals surface area (Å²) in [4.78, 5) is 13.5. The maximum Gasteiger partial charge on any atom is 0.305 e. The number of carbonyl (C=O) groups is 1. The minimum Gasteiger partial charge on any atom is -0.497 e. The van der Waals surface area contributed by atoms with Gasteiger partial charge in [0.05, 0.1) is 19.9 Å². The first kappa shape index (κ1) is 20.0. The van der Waals surface area contributed by atoms with E-state index in [1.807, 2.05) is 43.3 Å². The predicted octanol–water partition coefficient (Wildman–Crippen LogP) is 2.99. The molecule has 0 bridgehead atoms. The summed E-state index contributed by atoms with van der Waals surface area (Å²) in [6.07, 6.45) is 1.97. The van der Waals surface area contributed by atoms with Crippen molar-refractivity contribution in [3.05, 3.63) is 54.0 Å². The van der Waals surface area contributed by atoms with Crippen molar-refractivity contribution in [1.82, 2.24) is 4.90 Å². The smallest absolute Gasteiger partial charge is 0.305 e. The summed E-state index contributed by atoms with van der Waals surface area (Å²) in [5.41, 5.74) is 1.09. The lowest BCUT2D eigenvalue weighted by atomic mass is 10.2. The fourth-order valence-corrected chi connectivity index (χ4v) is 2.61. The SMILES string of the molecule is CCCC(=O)OC[C@@H](O)CN(Cc1ccc(OC)cc1)Cc1ccco1. The van der Waals surface area contributed by atoms with Crippen LogP contribution < -0.4 is 4.74 Å². The summed E-state index contributed by atoms with van der Waals surface area (Å²) in [5.74, 6) is 1.34. The number of nitrogens with zero attached hydrogens (tertiary/aromatic N) is 1. The molecule has 0 aliphatic heterocycles. The normalized spacial score (nSPS) is 12.2. The zero-order chi connectivity index (χ0) is 18.8.